The summed E-state index contributed by atoms with van der Waals surface area (Å²) >= 11 is 0. The molecule has 6 nitrogen and oxygen atoms in total. The predicted molar refractivity (Wildman–Crippen MR) is 115 cm³/mol. The maximum absolute atomic E-state index is 14.8. The molecule has 3 aliphatic rings. The molecule has 30 heavy (non-hydrogen) atoms. The summed E-state index contributed by atoms with van der Waals surface area (Å²) in [6.07, 6.45) is 6.81. The van der Waals surface area contributed by atoms with Crippen LogP contribution in [-0.4, -0.2) is 55.5 Å². The van der Waals surface area contributed by atoms with Crippen LogP contribution in [-0.2, 0) is 9.59 Å². The fourth-order valence-corrected chi connectivity index (χ4v) is 5.06. The molecule has 0 aromatic heterocycles. The zero-order chi connectivity index (χ0) is 21.1. The number of imide groups is 1. The first-order chi connectivity index (χ1) is 14.5. The van der Waals surface area contributed by atoms with Gasteiger partial charge in [-0.3, -0.25) is 19.8 Å². The summed E-state index contributed by atoms with van der Waals surface area (Å²) < 4.78 is 14.8. The van der Waals surface area contributed by atoms with Gasteiger partial charge >= 0.3 is 0 Å². The largest absolute Gasteiger partial charge is 0.367 e. The summed E-state index contributed by atoms with van der Waals surface area (Å²) in [4.78, 5) is 28.0. The van der Waals surface area contributed by atoms with Gasteiger partial charge in [-0.05, 0) is 68.7 Å². The van der Waals surface area contributed by atoms with Gasteiger partial charge in [0.2, 0.25) is 11.8 Å². The SMILES string of the molecule is N[C@H]1CC[C@@H](CCN2CCN(c3ccc(C4CCC(=O)NC4=O)cc3F)CC2)CC1. The van der Waals surface area contributed by atoms with E-state index in [4.69, 9.17) is 5.73 Å². The Balaban J connectivity index is 1.28. The van der Waals surface area contributed by atoms with E-state index in [0.717, 1.165) is 51.5 Å². The van der Waals surface area contributed by atoms with E-state index in [-0.39, 0.29) is 17.6 Å². The van der Waals surface area contributed by atoms with Crippen molar-refractivity contribution in [3.05, 3.63) is 29.6 Å². The fourth-order valence-electron chi connectivity index (χ4n) is 5.06. The molecular formula is C23H33FN4O2. The Hall–Kier alpha value is -1.99. The number of carbonyl (C=O) groups is 2. The third kappa shape index (κ3) is 5.01. The van der Waals surface area contributed by atoms with Crippen LogP contribution in [0.4, 0.5) is 10.1 Å². The van der Waals surface area contributed by atoms with Crippen molar-refractivity contribution in [3.63, 3.8) is 0 Å². The van der Waals surface area contributed by atoms with Gasteiger partial charge in [-0.1, -0.05) is 6.07 Å². The van der Waals surface area contributed by atoms with Gasteiger partial charge in [0.25, 0.3) is 0 Å². The molecule has 3 N–H and O–H groups in total. The lowest BCUT2D eigenvalue weighted by Crippen LogP contribution is -2.47. The van der Waals surface area contributed by atoms with Crippen molar-refractivity contribution < 1.29 is 14.0 Å². The highest BCUT2D eigenvalue weighted by atomic mass is 19.1. The number of benzene rings is 1. The number of halogens is 1. The minimum atomic E-state index is -0.447. The van der Waals surface area contributed by atoms with Gasteiger partial charge in [0.05, 0.1) is 11.6 Å². The number of nitrogens with zero attached hydrogens (tertiary/aromatic N) is 2. The third-order valence-corrected chi connectivity index (χ3v) is 7.07. The lowest BCUT2D eigenvalue weighted by atomic mass is 9.84. The van der Waals surface area contributed by atoms with E-state index in [0.29, 0.717) is 30.1 Å². The predicted octanol–water partition coefficient (Wildman–Crippen LogP) is 2.38. The number of nitrogens with one attached hydrogen (secondary N) is 1. The van der Waals surface area contributed by atoms with E-state index in [1.165, 1.54) is 25.3 Å². The van der Waals surface area contributed by atoms with Crippen LogP contribution >= 0.6 is 0 Å². The van der Waals surface area contributed by atoms with Crippen LogP contribution in [0.15, 0.2) is 18.2 Å². The van der Waals surface area contributed by atoms with Gasteiger partial charge in [-0.15, -0.1) is 0 Å². The Morgan fingerprint density at radius 2 is 1.77 bits per heavy atom. The number of piperidine rings is 1. The summed E-state index contributed by atoms with van der Waals surface area (Å²) in [5.74, 6) is -0.507. The number of nitrogens with two attached hydrogens (primary N) is 1. The van der Waals surface area contributed by atoms with Gasteiger partial charge in [0.1, 0.15) is 5.82 Å². The van der Waals surface area contributed by atoms with Crippen LogP contribution < -0.4 is 16.0 Å². The molecule has 2 amide bonds. The number of amides is 2. The number of piperazine rings is 1. The average Bonchev–Trinajstić information content (AvgIpc) is 2.74. The lowest BCUT2D eigenvalue weighted by molar-refractivity contribution is -0.134. The molecule has 2 heterocycles. The number of hydrogen-bond acceptors (Lipinski definition) is 5. The van der Waals surface area contributed by atoms with Crippen molar-refractivity contribution in [2.24, 2.45) is 11.7 Å². The molecule has 1 aliphatic carbocycles. The normalized spacial score (nSPS) is 28.5. The molecule has 1 aromatic carbocycles. The molecule has 4 rings (SSSR count). The lowest BCUT2D eigenvalue weighted by Gasteiger charge is -2.37. The molecule has 1 atom stereocenters. The molecule has 1 saturated carbocycles. The smallest absolute Gasteiger partial charge is 0.234 e. The van der Waals surface area contributed by atoms with Crippen molar-refractivity contribution in [2.75, 3.05) is 37.6 Å². The van der Waals surface area contributed by atoms with Crippen molar-refractivity contribution in [1.82, 2.24) is 10.2 Å². The van der Waals surface area contributed by atoms with E-state index in [1.807, 2.05) is 6.07 Å². The first kappa shape index (κ1) is 21.2. The van der Waals surface area contributed by atoms with Crippen LogP contribution in [0.3, 0.4) is 0 Å². The van der Waals surface area contributed by atoms with E-state index < -0.39 is 5.92 Å². The number of carbonyl (C=O) groups excluding carboxylic acids is 2. The Labute approximate surface area is 178 Å². The maximum Gasteiger partial charge on any atom is 0.234 e. The highest BCUT2D eigenvalue weighted by Gasteiger charge is 2.29. The number of anilines is 1. The molecule has 7 heteroatoms. The molecule has 1 aromatic rings. The van der Waals surface area contributed by atoms with Crippen LogP contribution in [0.5, 0.6) is 0 Å². The van der Waals surface area contributed by atoms with Crippen LogP contribution in [0.25, 0.3) is 0 Å². The number of rotatable bonds is 5. The molecule has 2 aliphatic heterocycles. The van der Waals surface area contributed by atoms with Crippen LogP contribution in [0.2, 0.25) is 0 Å². The summed E-state index contributed by atoms with van der Waals surface area (Å²) in [5.41, 5.74) is 7.25. The Kier molecular flexibility index (Phi) is 6.68. The Morgan fingerprint density at radius 3 is 2.43 bits per heavy atom. The maximum atomic E-state index is 14.8. The minimum Gasteiger partial charge on any atom is -0.367 e. The van der Waals surface area contributed by atoms with Gasteiger partial charge in [-0.2, -0.15) is 0 Å². The molecule has 0 spiro atoms. The van der Waals surface area contributed by atoms with E-state index >= 15 is 0 Å². The standard InChI is InChI=1S/C23H33FN4O2/c24-20-15-17(19-6-8-22(29)26-23(19)30)3-7-21(20)28-13-11-27(12-14-28)10-9-16-1-4-18(25)5-2-16/h3,7,15-16,18-19H,1-2,4-6,8-14,25H2,(H,26,29,30)/t16-,18+,19?. The van der Waals surface area contributed by atoms with Crippen molar-refractivity contribution in [2.45, 2.75) is 56.9 Å². The molecule has 0 radical (unpaired) electrons. The second-order valence-corrected chi connectivity index (χ2v) is 9.11. The van der Waals surface area contributed by atoms with E-state index in [1.54, 1.807) is 6.07 Å². The molecule has 164 valence electrons. The van der Waals surface area contributed by atoms with Crippen molar-refractivity contribution >= 4 is 17.5 Å². The van der Waals surface area contributed by atoms with Crippen molar-refractivity contribution in [3.8, 4) is 0 Å². The van der Waals surface area contributed by atoms with E-state index in [9.17, 15) is 14.0 Å². The average molecular weight is 417 g/mol. The third-order valence-electron chi connectivity index (χ3n) is 7.07. The Morgan fingerprint density at radius 1 is 1.03 bits per heavy atom. The molecular weight excluding hydrogens is 383 g/mol. The number of hydrogen-bond donors (Lipinski definition) is 2. The topological polar surface area (TPSA) is 78.7 Å². The highest BCUT2D eigenvalue weighted by molar-refractivity contribution is 6.00. The zero-order valence-corrected chi connectivity index (χ0v) is 17.6. The summed E-state index contributed by atoms with van der Waals surface area (Å²) in [6.45, 7) is 4.63. The minimum absolute atomic E-state index is 0.252. The second-order valence-electron chi connectivity index (χ2n) is 9.11. The molecule has 3 fully saturated rings. The molecule has 1 unspecified atom stereocenters. The zero-order valence-electron chi connectivity index (χ0n) is 17.6. The van der Waals surface area contributed by atoms with Gasteiger partial charge in [0.15, 0.2) is 0 Å². The van der Waals surface area contributed by atoms with Gasteiger partial charge in [-0.25, -0.2) is 4.39 Å². The van der Waals surface area contributed by atoms with E-state index in [2.05, 4.69) is 15.1 Å². The second kappa shape index (κ2) is 9.43. The first-order valence-corrected chi connectivity index (χ1v) is 11.4. The molecule has 0 bridgehead atoms. The first-order valence-electron chi connectivity index (χ1n) is 11.4. The monoisotopic (exact) mass is 416 g/mol. The fraction of sp³-hybridized carbons (Fsp3) is 0.652. The summed E-state index contributed by atoms with van der Waals surface area (Å²) in [6, 6.07) is 5.49. The highest BCUT2D eigenvalue weighted by Crippen LogP contribution is 2.30. The van der Waals surface area contributed by atoms with Crippen LogP contribution in [0.1, 0.15) is 56.4 Å². The molecule has 2 saturated heterocycles. The summed E-state index contributed by atoms with van der Waals surface area (Å²) in [7, 11) is 0. The summed E-state index contributed by atoms with van der Waals surface area (Å²) in [5, 5.41) is 2.35. The Bertz CT molecular complexity index is 770. The van der Waals surface area contributed by atoms with Gasteiger partial charge < -0.3 is 10.6 Å². The quantitative estimate of drug-likeness (QED) is 0.721. The van der Waals surface area contributed by atoms with Crippen LogP contribution in [0, 0.1) is 11.7 Å². The van der Waals surface area contributed by atoms with Gasteiger partial charge in [0, 0.05) is 38.6 Å². The van der Waals surface area contributed by atoms with Crippen molar-refractivity contribution in [1.29, 1.82) is 0 Å².